The van der Waals surface area contributed by atoms with Gasteiger partial charge >= 0.3 is 0 Å². The highest BCUT2D eigenvalue weighted by Gasteiger charge is 2.14. The molecule has 0 aliphatic heterocycles. The molecule has 90 valence electrons. The summed E-state index contributed by atoms with van der Waals surface area (Å²) in [6, 6.07) is 5.18. The Kier molecular flexibility index (Phi) is 2.96. The molecule has 1 aromatic heterocycles. The molecular formula is C13H11F3O. The van der Waals surface area contributed by atoms with Crippen LogP contribution in [0.25, 0.3) is 11.3 Å². The number of furan rings is 1. The van der Waals surface area contributed by atoms with Crippen molar-refractivity contribution in [2.75, 3.05) is 0 Å². The van der Waals surface area contributed by atoms with Crippen LogP contribution in [-0.2, 0) is 0 Å². The van der Waals surface area contributed by atoms with Crippen molar-refractivity contribution in [3.05, 3.63) is 47.5 Å². The summed E-state index contributed by atoms with van der Waals surface area (Å²) in [7, 11) is 0. The van der Waals surface area contributed by atoms with E-state index in [0.29, 0.717) is 11.5 Å². The van der Waals surface area contributed by atoms with Gasteiger partial charge in [0.05, 0.1) is 0 Å². The Morgan fingerprint density at radius 3 is 2.06 bits per heavy atom. The van der Waals surface area contributed by atoms with E-state index in [1.54, 1.807) is 12.1 Å². The summed E-state index contributed by atoms with van der Waals surface area (Å²) in [6.45, 7) is 3.88. The van der Waals surface area contributed by atoms with Gasteiger partial charge in [-0.1, -0.05) is 13.8 Å². The van der Waals surface area contributed by atoms with Gasteiger partial charge in [-0.15, -0.1) is 0 Å². The van der Waals surface area contributed by atoms with E-state index in [0.717, 1.165) is 12.1 Å². The smallest absolute Gasteiger partial charge is 0.194 e. The standard InChI is InChI=1S/C13H11F3O/c1-7(2)11-3-4-12(17-11)8-5-9(14)13(16)10(15)6-8/h3-7H,1-2H3. The molecule has 4 heteroatoms. The maximum absolute atomic E-state index is 13.0. The first kappa shape index (κ1) is 11.8. The van der Waals surface area contributed by atoms with Gasteiger partial charge in [0.2, 0.25) is 0 Å². The molecule has 0 atom stereocenters. The Labute approximate surface area is 96.9 Å². The molecule has 0 saturated carbocycles. The molecule has 0 unspecified atom stereocenters. The zero-order valence-corrected chi connectivity index (χ0v) is 9.43. The number of halogens is 3. The van der Waals surface area contributed by atoms with Crippen molar-refractivity contribution in [2.24, 2.45) is 0 Å². The van der Waals surface area contributed by atoms with Crippen molar-refractivity contribution < 1.29 is 17.6 Å². The fourth-order valence-electron chi connectivity index (χ4n) is 1.52. The lowest BCUT2D eigenvalue weighted by Crippen LogP contribution is -1.91. The summed E-state index contributed by atoms with van der Waals surface area (Å²) in [5.41, 5.74) is 0.188. The van der Waals surface area contributed by atoms with Gasteiger partial charge in [0, 0.05) is 11.5 Å². The first-order chi connectivity index (χ1) is 7.99. The van der Waals surface area contributed by atoms with Crippen LogP contribution in [0.4, 0.5) is 13.2 Å². The molecule has 2 aromatic rings. The third-order valence-electron chi connectivity index (χ3n) is 2.46. The van der Waals surface area contributed by atoms with E-state index in [-0.39, 0.29) is 11.5 Å². The summed E-state index contributed by atoms with van der Waals surface area (Å²) < 4.78 is 44.3. The van der Waals surface area contributed by atoms with Gasteiger partial charge in [-0.25, -0.2) is 13.2 Å². The fourth-order valence-corrected chi connectivity index (χ4v) is 1.52. The molecule has 1 nitrogen and oxygen atoms in total. The highest BCUT2D eigenvalue weighted by atomic mass is 19.2. The fraction of sp³-hybridized carbons (Fsp3) is 0.231. The van der Waals surface area contributed by atoms with Gasteiger partial charge in [0.25, 0.3) is 0 Å². The normalized spacial score (nSPS) is 11.2. The molecular weight excluding hydrogens is 229 g/mol. The molecule has 0 bridgehead atoms. The van der Waals surface area contributed by atoms with Crippen LogP contribution < -0.4 is 0 Å². The lowest BCUT2D eigenvalue weighted by atomic mass is 10.1. The molecule has 17 heavy (non-hydrogen) atoms. The zero-order chi connectivity index (χ0) is 12.6. The van der Waals surface area contributed by atoms with E-state index < -0.39 is 17.5 Å². The first-order valence-corrected chi connectivity index (χ1v) is 5.23. The lowest BCUT2D eigenvalue weighted by Gasteiger charge is -2.01. The van der Waals surface area contributed by atoms with Crippen molar-refractivity contribution in [1.82, 2.24) is 0 Å². The number of rotatable bonds is 2. The Morgan fingerprint density at radius 2 is 1.59 bits per heavy atom. The first-order valence-electron chi connectivity index (χ1n) is 5.23. The van der Waals surface area contributed by atoms with E-state index in [2.05, 4.69) is 0 Å². The van der Waals surface area contributed by atoms with Crippen LogP contribution in [0.1, 0.15) is 25.5 Å². The lowest BCUT2D eigenvalue weighted by molar-refractivity contribution is 0.446. The van der Waals surface area contributed by atoms with Crippen molar-refractivity contribution in [2.45, 2.75) is 19.8 Å². The van der Waals surface area contributed by atoms with Crippen molar-refractivity contribution in [3.8, 4) is 11.3 Å². The minimum absolute atomic E-state index is 0.180. The van der Waals surface area contributed by atoms with Gasteiger partial charge in [-0.2, -0.15) is 0 Å². The largest absolute Gasteiger partial charge is 0.461 e. The molecule has 2 rings (SSSR count). The molecule has 1 aromatic carbocycles. The summed E-state index contributed by atoms with van der Waals surface area (Å²) in [5.74, 6) is -2.69. The predicted octanol–water partition coefficient (Wildman–Crippen LogP) is 4.49. The SMILES string of the molecule is CC(C)c1ccc(-c2cc(F)c(F)c(F)c2)o1. The van der Waals surface area contributed by atoms with Gasteiger partial charge in [0.1, 0.15) is 11.5 Å². The highest BCUT2D eigenvalue weighted by molar-refractivity contribution is 5.58. The van der Waals surface area contributed by atoms with Crippen LogP contribution in [0.2, 0.25) is 0 Å². The summed E-state index contributed by atoms with van der Waals surface area (Å²) in [5, 5.41) is 0. The van der Waals surface area contributed by atoms with Gasteiger partial charge in [0.15, 0.2) is 17.5 Å². The Morgan fingerprint density at radius 1 is 1.00 bits per heavy atom. The quantitative estimate of drug-likeness (QED) is 0.705. The molecule has 0 fully saturated rings. The summed E-state index contributed by atoms with van der Waals surface area (Å²) >= 11 is 0. The highest BCUT2D eigenvalue weighted by Crippen LogP contribution is 2.28. The third kappa shape index (κ3) is 2.20. The van der Waals surface area contributed by atoms with Crippen LogP contribution in [0.5, 0.6) is 0 Å². The monoisotopic (exact) mass is 240 g/mol. The van der Waals surface area contributed by atoms with Crippen molar-refractivity contribution >= 4 is 0 Å². The Bertz CT molecular complexity index is 520. The molecule has 0 saturated heterocycles. The van der Waals surface area contributed by atoms with E-state index in [1.165, 1.54) is 0 Å². The minimum Gasteiger partial charge on any atom is -0.461 e. The van der Waals surface area contributed by atoms with Crippen LogP contribution in [-0.4, -0.2) is 0 Å². The third-order valence-corrected chi connectivity index (χ3v) is 2.46. The van der Waals surface area contributed by atoms with Crippen LogP contribution >= 0.6 is 0 Å². The molecule has 0 aliphatic rings. The van der Waals surface area contributed by atoms with Gasteiger partial charge in [-0.05, 0) is 24.3 Å². The van der Waals surface area contributed by atoms with Gasteiger partial charge < -0.3 is 4.42 Å². The molecule has 0 spiro atoms. The molecule has 0 aliphatic carbocycles. The van der Waals surface area contributed by atoms with Crippen molar-refractivity contribution in [1.29, 1.82) is 0 Å². The maximum Gasteiger partial charge on any atom is 0.194 e. The van der Waals surface area contributed by atoms with Crippen molar-refractivity contribution in [3.63, 3.8) is 0 Å². The zero-order valence-electron chi connectivity index (χ0n) is 9.43. The second kappa shape index (κ2) is 4.28. The second-order valence-corrected chi connectivity index (χ2v) is 4.11. The summed E-state index contributed by atoms with van der Waals surface area (Å²) in [6.07, 6.45) is 0. The second-order valence-electron chi connectivity index (χ2n) is 4.11. The summed E-state index contributed by atoms with van der Waals surface area (Å²) in [4.78, 5) is 0. The van der Waals surface area contributed by atoms with Crippen LogP contribution in [0.15, 0.2) is 28.7 Å². The topological polar surface area (TPSA) is 13.1 Å². The van der Waals surface area contributed by atoms with Gasteiger partial charge in [-0.3, -0.25) is 0 Å². The van der Waals surface area contributed by atoms with E-state index >= 15 is 0 Å². The molecule has 0 amide bonds. The maximum atomic E-state index is 13.0. The minimum atomic E-state index is -1.47. The Balaban J connectivity index is 2.46. The van der Waals surface area contributed by atoms with Crippen LogP contribution in [0, 0.1) is 17.5 Å². The van der Waals surface area contributed by atoms with Crippen LogP contribution in [0.3, 0.4) is 0 Å². The van der Waals surface area contributed by atoms with E-state index in [1.807, 2.05) is 13.8 Å². The number of hydrogen-bond donors (Lipinski definition) is 0. The van der Waals surface area contributed by atoms with E-state index in [4.69, 9.17) is 4.42 Å². The number of benzene rings is 1. The predicted molar refractivity (Wildman–Crippen MR) is 58.1 cm³/mol. The molecule has 0 radical (unpaired) electrons. The molecule has 1 heterocycles. The average Bonchev–Trinajstić information content (AvgIpc) is 2.74. The molecule has 0 N–H and O–H groups in total. The average molecular weight is 240 g/mol. The Hall–Kier alpha value is -1.71. The van der Waals surface area contributed by atoms with E-state index in [9.17, 15) is 13.2 Å². The number of hydrogen-bond acceptors (Lipinski definition) is 1.